The molecule has 0 aliphatic heterocycles. The number of rotatable bonds is 9. The van der Waals surface area contributed by atoms with Gasteiger partial charge in [0, 0.05) is 18.4 Å². The Morgan fingerprint density at radius 2 is 1.58 bits per heavy atom. The van der Waals surface area contributed by atoms with E-state index in [4.69, 9.17) is 4.74 Å². The first kappa shape index (κ1) is 17.8. The fraction of sp³-hybridized carbons (Fsp3) is 0.900. The Hall–Kier alpha value is -1.06. The number of hydrogen-bond donors (Lipinski definition) is 1. The van der Waals surface area contributed by atoms with E-state index in [0.717, 1.165) is 37.0 Å². The Morgan fingerprint density at radius 1 is 0.958 bits per heavy atom. The molecule has 4 bridgehead atoms. The summed E-state index contributed by atoms with van der Waals surface area (Å²) in [6.45, 7) is 2.65. The normalized spacial score (nSPS) is 33.5. The van der Waals surface area contributed by atoms with Crippen molar-refractivity contribution in [1.29, 1.82) is 0 Å². The first-order valence-electron chi connectivity index (χ1n) is 10.1. The molecule has 4 aliphatic carbocycles. The highest BCUT2D eigenvalue weighted by atomic mass is 16.5. The number of nitrogens with one attached hydrogen (secondary N) is 1. The second-order valence-corrected chi connectivity index (χ2v) is 8.53. The molecule has 0 heterocycles. The lowest BCUT2D eigenvalue weighted by Gasteiger charge is -2.56. The van der Waals surface area contributed by atoms with E-state index in [1.807, 2.05) is 0 Å². The van der Waals surface area contributed by atoms with Crippen molar-refractivity contribution in [2.24, 2.45) is 17.8 Å². The summed E-state index contributed by atoms with van der Waals surface area (Å²) in [6, 6.07) is 0. The standard InChI is InChI=1S/C20H33NO3/c1-2-3-4-8-24-19(23)7-5-6-18(22)21-20-12-15-9-16(13-20)11-17(10-15)14-20/h15-17H,2-14H2,1H3,(H,21,22). The maximum absolute atomic E-state index is 12.3. The van der Waals surface area contributed by atoms with Crippen molar-refractivity contribution in [2.45, 2.75) is 89.5 Å². The monoisotopic (exact) mass is 335 g/mol. The number of amides is 1. The van der Waals surface area contributed by atoms with E-state index in [0.29, 0.717) is 25.9 Å². The van der Waals surface area contributed by atoms with Crippen molar-refractivity contribution in [2.75, 3.05) is 6.61 Å². The van der Waals surface area contributed by atoms with Crippen LogP contribution >= 0.6 is 0 Å². The zero-order chi connectivity index (χ0) is 17.0. The lowest BCUT2D eigenvalue weighted by atomic mass is 9.53. The molecule has 0 saturated heterocycles. The van der Waals surface area contributed by atoms with Crippen LogP contribution in [0.15, 0.2) is 0 Å². The first-order valence-corrected chi connectivity index (χ1v) is 10.1. The number of unbranched alkanes of at least 4 members (excludes halogenated alkanes) is 2. The van der Waals surface area contributed by atoms with Crippen LogP contribution in [0.25, 0.3) is 0 Å². The summed E-state index contributed by atoms with van der Waals surface area (Å²) in [5, 5.41) is 3.37. The first-order chi connectivity index (χ1) is 11.6. The number of hydrogen-bond acceptors (Lipinski definition) is 3. The molecule has 0 aromatic heterocycles. The minimum Gasteiger partial charge on any atom is -0.466 e. The molecular formula is C20H33NO3. The van der Waals surface area contributed by atoms with Gasteiger partial charge in [-0.1, -0.05) is 19.8 Å². The molecule has 4 nitrogen and oxygen atoms in total. The topological polar surface area (TPSA) is 55.4 Å². The maximum atomic E-state index is 12.3. The lowest BCUT2D eigenvalue weighted by Crippen LogP contribution is -2.59. The predicted octanol–water partition coefficient (Wildman–Crippen LogP) is 3.98. The van der Waals surface area contributed by atoms with E-state index in [1.54, 1.807) is 0 Å². The van der Waals surface area contributed by atoms with Gasteiger partial charge in [-0.25, -0.2) is 0 Å². The molecule has 4 fully saturated rings. The molecule has 0 unspecified atom stereocenters. The summed E-state index contributed by atoms with van der Waals surface area (Å²) in [7, 11) is 0. The Balaban J connectivity index is 1.34. The van der Waals surface area contributed by atoms with Gasteiger partial charge in [-0.15, -0.1) is 0 Å². The summed E-state index contributed by atoms with van der Waals surface area (Å²) in [5.41, 5.74) is 0.0898. The molecule has 4 rings (SSSR count). The molecule has 136 valence electrons. The van der Waals surface area contributed by atoms with Crippen LogP contribution < -0.4 is 5.32 Å². The fourth-order valence-electron chi connectivity index (χ4n) is 5.63. The minimum atomic E-state index is -0.159. The number of carbonyl (C=O) groups is 2. The van der Waals surface area contributed by atoms with E-state index in [9.17, 15) is 9.59 Å². The third-order valence-electron chi connectivity index (χ3n) is 6.24. The number of ether oxygens (including phenoxy) is 1. The summed E-state index contributed by atoms with van der Waals surface area (Å²) < 4.78 is 5.19. The minimum absolute atomic E-state index is 0.0898. The highest BCUT2D eigenvalue weighted by Crippen LogP contribution is 2.55. The fourth-order valence-corrected chi connectivity index (χ4v) is 5.63. The molecule has 24 heavy (non-hydrogen) atoms. The van der Waals surface area contributed by atoms with Gasteiger partial charge < -0.3 is 10.1 Å². The summed E-state index contributed by atoms with van der Waals surface area (Å²) in [4.78, 5) is 24.0. The largest absolute Gasteiger partial charge is 0.466 e. The van der Waals surface area contributed by atoms with E-state index in [2.05, 4.69) is 12.2 Å². The average Bonchev–Trinajstić information content (AvgIpc) is 2.49. The van der Waals surface area contributed by atoms with Crippen LogP contribution in [0, 0.1) is 17.8 Å². The van der Waals surface area contributed by atoms with Crippen LogP contribution in [0.2, 0.25) is 0 Å². The molecule has 0 aromatic carbocycles. The molecule has 4 saturated carbocycles. The van der Waals surface area contributed by atoms with Crippen molar-refractivity contribution in [3.8, 4) is 0 Å². The summed E-state index contributed by atoms with van der Waals surface area (Å²) in [5.74, 6) is 2.50. The van der Waals surface area contributed by atoms with Crippen molar-refractivity contribution >= 4 is 11.9 Å². The van der Waals surface area contributed by atoms with Crippen LogP contribution in [-0.4, -0.2) is 24.0 Å². The van der Waals surface area contributed by atoms with E-state index >= 15 is 0 Å². The van der Waals surface area contributed by atoms with Gasteiger partial charge in [0.1, 0.15) is 0 Å². The van der Waals surface area contributed by atoms with Crippen LogP contribution in [-0.2, 0) is 14.3 Å². The predicted molar refractivity (Wildman–Crippen MR) is 93.4 cm³/mol. The van der Waals surface area contributed by atoms with Gasteiger partial charge in [-0.2, -0.15) is 0 Å². The number of esters is 1. The van der Waals surface area contributed by atoms with Crippen LogP contribution in [0.4, 0.5) is 0 Å². The van der Waals surface area contributed by atoms with Crippen LogP contribution in [0.1, 0.15) is 84.0 Å². The van der Waals surface area contributed by atoms with E-state index in [-0.39, 0.29) is 17.4 Å². The van der Waals surface area contributed by atoms with Gasteiger partial charge in [0.2, 0.25) is 5.91 Å². The second kappa shape index (κ2) is 7.88. The zero-order valence-electron chi connectivity index (χ0n) is 15.1. The molecule has 4 heteroatoms. The van der Waals surface area contributed by atoms with Gasteiger partial charge in [-0.05, 0) is 69.1 Å². The molecule has 0 spiro atoms. The third-order valence-corrected chi connectivity index (χ3v) is 6.24. The van der Waals surface area contributed by atoms with Crippen LogP contribution in [0.3, 0.4) is 0 Å². The molecule has 1 amide bonds. The van der Waals surface area contributed by atoms with E-state index < -0.39 is 0 Å². The Labute approximate surface area is 146 Å². The number of carbonyl (C=O) groups excluding carboxylic acids is 2. The van der Waals surface area contributed by atoms with E-state index in [1.165, 1.54) is 38.5 Å². The van der Waals surface area contributed by atoms with Gasteiger partial charge in [0.15, 0.2) is 0 Å². The molecule has 0 atom stereocenters. The average molecular weight is 335 g/mol. The summed E-state index contributed by atoms with van der Waals surface area (Å²) >= 11 is 0. The zero-order valence-corrected chi connectivity index (χ0v) is 15.1. The maximum Gasteiger partial charge on any atom is 0.305 e. The lowest BCUT2D eigenvalue weighted by molar-refractivity contribution is -0.143. The van der Waals surface area contributed by atoms with Crippen molar-refractivity contribution < 1.29 is 14.3 Å². The molecule has 1 N–H and O–H groups in total. The van der Waals surface area contributed by atoms with Gasteiger partial charge >= 0.3 is 5.97 Å². The third kappa shape index (κ3) is 4.52. The second-order valence-electron chi connectivity index (χ2n) is 8.53. The van der Waals surface area contributed by atoms with Gasteiger partial charge in [0.25, 0.3) is 0 Å². The molecule has 0 radical (unpaired) electrons. The van der Waals surface area contributed by atoms with Crippen molar-refractivity contribution in [1.82, 2.24) is 5.32 Å². The quantitative estimate of drug-likeness (QED) is 0.512. The molecule has 4 aliphatic rings. The van der Waals surface area contributed by atoms with Gasteiger partial charge in [-0.3, -0.25) is 9.59 Å². The van der Waals surface area contributed by atoms with Crippen LogP contribution in [0.5, 0.6) is 0 Å². The Kier molecular flexibility index (Phi) is 5.83. The van der Waals surface area contributed by atoms with Crippen molar-refractivity contribution in [3.05, 3.63) is 0 Å². The molecular weight excluding hydrogens is 302 g/mol. The Bertz CT molecular complexity index is 425. The van der Waals surface area contributed by atoms with Gasteiger partial charge in [0.05, 0.1) is 6.61 Å². The van der Waals surface area contributed by atoms with Crippen molar-refractivity contribution in [3.63, 3.8) is 0 Å². The SMILES string of the molecule is CCCCCOC(=O)CCCC(=O)NC12CC3CC(CC(C3)C1)C2. The summed E-state index contributed by atoms with van der Waals surface area (Å²) in [6.07, 6.45) is 12.3. The highest BCUT2D eigenvalue weighted by molar-refractivity contribution is 5.77. The Morgan fingerprint density at radius 3 is 2.17 bits per heavy atom. The molecule has 0 aromatic rings. The smallest absolute Gasteiger partial charge is 0.305 e. The highest BCUT2D eigenvalue weighted by Gasteiger charge is 2.51.